The van der Waals surface area contributed by atoms with Crippen LogP contribution in [0.3, 0.4) is 0 Å². The lowest BCUT2D eigenvalue weighted by Crippen LogP contribution is -2.04. The van der Waals surface area contributed by atoms with Crippen molar-refractivity contribution in [1.29, 1.82) is 5.26 Å². The van der Waals surface area contributed by atoms with Crippen LogP contribution in [0.5, 0.6) is 5.75 Å². The van der Waals surface area contributed by atoms with Crippen LogP contribution in [-0.4, -0.2) is 12.9 Å². The van der Waals surface area contributed by atoms with Crippen molar-refractivity contribution in [3.05, 3.63) is 29.3 Å². The molecule has 0 heterocycles. The summed E-state index contributed by atoms with van der Waals surface area (Å²) in [6, 6.07) is 7.74. The first-order valence-electron chi connectivity index (χ1n) is 5.64. The number of ketones is 1. The van der Waals surface area contributed by atoms with Gasteiger partial charge in [0.15, 0.2) is 5.78 Å². The number of carbonyl (C=O) groups excluding carboxylic acids is 1. The molecule has 1 aromatic carbocycles. The van der Waals surface area contributed by atoms with Gasteiger partial charge in [0.25, 0.3) is 0 Å². The molecule has 1 rings (SSSR count). The third-order valence-electron chi connectivity index (χ3n) is 2.63. The Bertz CT molecular complexity index is 444. The zero-order valence-corrected chi connectivity index (χ0v) is 10.5. The van der Waals surface area contributed by atoms with Crippen LogP contribution < -0.4 is 4.74 Å². The highest BCUT2D eigenvalue weighted by atomic mass is 16.5. The second kappa shape index (κ2) is 6.05. The molecule has 0 aliphatic carbocycles. The number of hydrogen-bond acceptors (Lipinski definition) is 3. The number of Topliss-reactive ketones (excluding diaryl/α,β-unsaturated/α-hetero) is 1. The Balaban J connectivity index is 2.98. The number of nitrogens with zero attached hydrogens (tertiary/aromatic N) is 1. The monoisotopic (exact) mass is 231 g/mol. The lowest BCUT2D eigenvalue weighted by molar-refractivity contribution is -0.117. The highest BCUT2D eigenvalue weighted by Crippen LogP contribution is 2.24. The Kier molecular flexibility index (Phi) is 4.71. The van der Waals surface area contributed by atoms with Gasteiger partial charge in [-0.2, -0.15) is 5.26 Å². The van der Waals surface area contributed by atoms with E-state index in [0.717, 1.165) is 5.56 Å². The van der Waals surface area contributed by atoms with Crippen LogP contribution in [-0.2, 0) is 11.2 Å². The number of ether oxygens (including phenoxy) is 1. The molecule has 0 aliphatic rings. The van der Waals surface area contributed by atoms with Gasteiger partial charge in [0.1, 0.15) is 5.75 Å². The van der Waals surface area contributed by atoms with Gasteiger partial charge in [-0.15, -0.1) is 0 Å². The third kappa shape index (κ3) is 3.60. The minimum atomic E-state index is -0.0771. The summed E-state index contributed by atoms with van der Waals surface area (Å²) in [5.41, 5.74) is 2.03. The smallest absolute Gasteiger partial charge is 0.151 e. The molecule has 0 atom stereocenters. The molecule has 0 radical (unpaired) electrons. The second-order valence-corrected chi connectivity index (χ2v) is 4.28. The standard InChI is InChI=1S/C14H17NO2/c1-10(2)11-4-5-14(17-3)12(8-11)9-13(16)6-7-15/h4-5,8,10H,6,9H2,1-3H3. The molecule has 0 unspecified atom stereocenters. The van der Waals surface area contributed by atoms with Crippen LogP contribution in [0.4, 0.5) is 0 Å². The summed E-state index contributed by atoms with van der Waals surface area (Å²) in [7, 11) is 1.59. The van der Waals surface area contributed by atoms with Crippen LogP contribution in [0.15, 0.2) is 18.2 Å². The van der Waals surface area contributed by atoms with E-state index in [1.54, 1.807) is 7.11 Å². The molecule has 0 N–H and O–H groups in total. The average Bonchev–Trinajstić information content (AvgIpc) is 2.29. The Morgan fingerprint density at radius 3 is 2.71 bits per heavy atom. The van der Waals surface area contributed by atoms with Crippen LogP contribution in [0.1, 0.15) is 37.3 Å². The van der Waals surface area contributed by atoms with Gasteiger partial charge >= 0.3 is 0 Å². The SMILES string of the molecule is COc1ccc(C(C)C)cc1CC(=O)CC#N. The predicted octanol–water partition coefficient (Wildman–Crippen LogP) is 2.84. The molecule has 17 heavy (non-hydrogen) atoms. The fourth-order valence-corrected chi connectivity index (χ4v) is 1.66. The van der Waals surface area contributed by atoms with Crippen molar-refractivity contribution < 1.29 is 9.53 Å². The Morgan fingerprint density at radius 2 is 2.18 bits per heavy atom. The molecule has 3 nitrogen and oxygen atoms in total. The first-order chi connectivity index (χ1) is 8.08. The summed E-state index contributed by atoms with van der Waals surface area (Å²) in [5, 5.41) is 8.48. The van der Waals surface area contributed by atoms with Crippen molar-refractivity contribution in [2.45, 2.75) is 32.6 Å². The fourth-order valence-electron chi connectivity index (χ4n) is 1.66. The fraction of sp³-hybridized carbons (Fsp3) is 0.429. The van der Waals surface area contributed by atoms with Crippen molar-refractivity contribution in [3.63, 3.8) is 0 Å². The number of rotatable bonds is 5. The van der Waals surface area contributed by atoms with E-state index in [0.29, 0.717) is 11.7 Å². The van der Waals surface area contributed by atoms with E-state index in [-0.39, 0.29) is 18.6 Å². The van der Waals surface area contributed by atoms with E-state index in [1.807, 2.05) is 24.3 Å². The van der Waals surface area contributed by atoms with E-state index in [1.165, 1.54) is 5.56 Å². The van der Waals surface area contributed by atoms with Crippen molar-refractivity contribution >= 4 is 5.78 Å². The molecule has 0 saturated carbocycles. The zero-order valence-electron chi connectivity index (χ0n) is 10.5. The molecule has 3 heteroatoms. The number of methoxy groups -OCH3 is 1. The molecular weight excluding hydrogens is 214 g/mol. The zero-order chi connectivity index (χ0) is 12.8. The summed E-state index contributed by atoms with van der Waals surface area (Å²) in [6.45, 7) is 4.20. The Labute approximate surface area is 102 Å². The maximum Gasteiger partial charge on any atom is 0.151 e. The lowest BCUT2D eigenvalue weighted by atomic mass is 9.97. The molecule has 1 aromatic rings. The lowest BCUT2D eigenvalue weighted by Gasteiger charge is -2.11. The van der Waals surface area contributed by atoms with Gasteiger partial charge in [0, 0.05) is 12.0 Å². The molecule has 0 amide bonds. The van der Waals surface area contributed by atoms with Crippen molar-refractivity contribution in [2.24, 2.45) is 0 Å². The molecule has 0 bridgehead atoms. The van der Waals surface area contributed by atoms with Crippen molar-refractivity contribution in [2.75, 3.05) is 7.11 Å². The van der Waals surface area contributed by atoms with Gasteiger partial charge in [-0.05, 0) is 17.5 Å². The van der Waals surface area contributed by atoms with E-state index in [4.69, 9.17) is 10.00 Å². The van der Waals surface area contributed by atoms with Gasteiger partial charge in [-0.3, -0.25) is 4.79 Å². The first-order valence-corrected chi connectivity index (χ1v) is 5.64. The van der Waals surface area contributed by atoms with Gasteiger partial charge < -0.3 is 4.74 Å². The van der Waals surface area contributed by atoms with E-state index in [9.17, 15) is 4.79 Å². The third-order valence-corrected chi connectivity index (χ3v) is 2.63. The summed E-state index contributed by atoms with van der Waals surface area (Å²) in [4.78, 5) is 11.5. The first kappa shape index (κ1) is 13.2. The molecule has 0 spiro atoms. The molecule has 90 valence electrons. The molecule has 0 aromatic heterocycles. The van der Waals surface area contributed by atoms with Crippen molar-refractivity contribution in [1.82, 2.24) is 0 Å². The predicted molar refractivity (Wildman–Crippen MR) is 66.0 cm³/mol. The van der Waals surface area contributed by atoms with Crippen LogP contribution in [0.2, 0.25) is 0 Å². The van der Waals surface area contributed by atoms with Crippen LogP contribution in [0, 0.1) is 11.3 Å². The minimum Gasteiger partial charge on any atom is -0.496 e. The Morgan fingerprint density at radius 1 is 1.47 bits per heavy atom. The molecular formula is C14H17NO2. The van der Waals surface area contributed by atoms with Gasteiger partial charge in [-0.1, -0.05) is 26.0 Å². The van der Waals surface area contributed by atoms with Gasteiger partial charge in [-0.25, -0.2) is 0 Å². The molecule has 0 fully saturated rings. The Hall–Kier alpha value is -1.82. The maximum absolute atomic E-state index is 11.5. The molecule has 0 aliphatic heterocycles. The van der Waals surface area contributed by atoms with Crippen LogP contribution >= 0.6 is 0 Å². The number of hydrogen-bond donors (Lipinski definition) is 0. The highest BCUT2D eigenvalue weighted by molar-refractivity contribution is 5.83. The highest BCUT2D eigenvalue weighted by Gasteiger charge is 2.10. The average molecular weight is 231 g/mol. The summed E-state index contributed by atoms with van der Waals surface area (Å²) in [6.07, 6.45) is 0.215. The van der Waals surface area contributed by atoms with Gasteiger partial charge in [0.2, 0.25) is 0 Å². The van der Waals surface area contributed by atoms with E-state index < -0.39 is 0 Å². The van der Waals surface area contributed by atoms with E-state index >= 15 is 0 Å². The van der Waals surface area contributed by atoms with Gasteiger partial charge in [0.05, 0.1) is 19.6 Å². The number of nitriles is 1. The minimum absolute atomic E-state index is 0.0466. The van der Waals surface area contributed by atoms with Crippen molar-refractivity contribution in [3.8, 4) is 11.8 Å². The topological polar surface area (TPSA) is 50.1 Å². The summed E-state index contributed by atoms with van der Waals surface area (Å²) in [5.74, 6) is 1.04. The normalized spacial score (nSPS) is 10.1. The van der Waals surface area contributed by atoms with Crippen LogP contribution in [0.25, 0.3) is 0 Å². The number of benzene rings is 1. The molecule has 0 saturated heterocycles. The van der Waals surface area contributed by atoms with E-state index in [2.05, 4.69) is 13.8 Å². The number of carbonyl (C=O) groups is 1. The maximum atomic E-state index is 11.5. The quantitative estimate of drug-likeness (QED) is 0.783. The largest absolute Gasteiger partial charge is 0.496 e. The summed E-state index contributed by atoms with van der Waals surface area (Å²) < 4.78 is 5.22. The summed E-state index contributed by atoms with van der Waals surface area (Å²) >= 11 is 0. The second-order valence-electron chi connectivity index (χ2n) is 4.28.